The lowest BCUT2D eigenvalue weighted by molar-refractivity contribution is 0.282. The second-order valence-electron chi connectivity index (χ2n) is 4.84. The SMILES string of the molecule is CCC(CNCCN(CCN)CCNCC(C)=NO)=NO. The summed E-state index contributed by atoms with van der Waals surface area (Å²) >= 11 is 0. The second kappa shape index (κ2) is 13.7. The van der Waals surface area contributed by atoms with Gasteiger partial charge in [0.05, 0.1) is 11.4 Å². The van der Waals surface area contributed by atoms with Gasteiger partial charge in [0.25, 0.3) is 0 Å². The topological polar surface area (TPSA) is 119 Å². The summed E-state index contributed by atoms with van der Waals surface area (Å²) < 4.78 is 0. The molecule has 0 heterocycles. The molecular weight excluding hydrogens is 272 g/mol. The van der Waals surface area contributed by atoms with Crippen molar-refractivity contribution >= 4 is 11.4 Å². The van der Waals surface area contributed by atoms with Gasteiger partial charge in [0, 0.05) is 52.4 Å². The second-order valence-corrected chi connectivity index (χ2v) is 4.84. The zero-order chi connectivity index (χ0) is 15.9. The molecule has 0 aromatic heterocycles. The van der Waals surface area contributed by atoms with Gasteiger partial charge in [-0.25, -0.2) is 0 Å². The molecule has 0 aromatic rings. The van der Waals surface area contributed by atoms with Crippen LogP contribution in [0.15, 0.2) is 10.3 Å². The van der Waals surface area contributed by atoms with Crippen LogP contribution in [-0.4, -0.2) is 79.1 Å². The molecular formula is C13H30N6O2. The summed E-state index contributed by atoms with van der Waals surface area (Å²) in [6.07, 6.45) is 0.742. The third-order valence-corrected chi connectivity index (χ3v) is 3.09. The molecule has 21 heavy (non-hydrogen) atoms. The van der Waals surface area contributed by atoms with Crippen molar-refractivity contribution in [3.05, 3.63) is 0 Å². The number of nitrogens with one attached hydrogen (secondary N) is 2. The lowest BCUT2D eigenvalue weighted by Gasteiger charge is -2.22. The molecule has 0 bridgehead atoms. The smallest absolute Gasteiger partial charge is 0.0705 e. The van der Waals surface area contributed by atoms with Crippen molar-refractivity contribution in [2.75, 3.05) is 52.4 Å². The fourth-order valence-electron chi connectivity index (χ4n) is 1.76. The maximum Gasteiger partial charge on any atom is 0.0705 e. The van der Waals surface area contributed by atoms with E-state index in [9.17, 15) is 0 Å². The first-order valence-corrected chi connectivity index (χ1v) is 7.39. The van der Waals surface area contributed by atoms with Gasteiger partial charge < -0.3 is 26.8 Å². The molecule has 0 fully saturated rings. The zero-order valence-corrected chi connectivity index (χ0v) is 13.2. The molecule has 0 atom stereocenters. The van der Waals surface area contributed by atoms with Crippen LogP contribution in [0.4, 0.5) is 0 Å². The molecule has 8 nitrogen and oxygen atoms in total. The van der Waals surface area contributed by atoms with E-state index in [1.807, 2.05) is 6.92 Å². The van der Waals surface area contributed by atoms with Crippen LogP contribution in [0.2, 0.25) is 0 Å². The highest BCUT2D eigenvalue weighted by molar-refractivity contribution is 5.85. The highest BCUT2D eigenvalue weighted by Gasteiger charge is 2.04. The van der Waals surface area contributed by atoms with Crippen LogP contribution in [0.5, 0.6) is 0 Å². The Hall–Kier alpha value is -1.22. The summed E-state index contributed by atoms with van der Waals surface area (Å²) in [5.74, 6) is 0. The van der Waals surface area contributed by atoms with Gasteiger partial charge in [-0.15, -0.1) is 0 Å². The highest BCUT2D eigenvalue weighted by Crippen LogP contribution is 1.87. The van der Waals surface area contributed by atoms with Crippen LogP contribution >= 0.6 is 0 Å². The van der Waals surface area contributed by atoms with E-state index in [1.54, 1.807) is 6.92 Å². The minimum absolute atomic E-state index is 0.581. The van der Waals surface area contributed by atoms with E-state index in [2.05, 4.69) is 25.8 Å². The maximum atomic E-state index is 8.71. The average Bonchev–Trinajstić information content (AvgIpc) is 2.51. The molecule has 8 heteroatoms. The summed E-state index contributed by atoms with van der Waals surface area (Å²) in [6, 6.07) is 0. The zero-order valence-electron chi connectivity index (χ0n) is 13.2. The van der Waals surface area contributed by atoms with E-state index < -0.39 is 0 Å². The number of hydrogen-bond donors (Lipinski definition) is 5. The molecule has 0 aliphatic carbocycles. The largest absolute Gasteiger partial charge is 0.411 e. The molecule has 0 aliphatic heterocycles. The third kappa shape index (κ3) is 11.1. The van der Waals surface area contributed by atoms with Gasteiger partial charge in [-0.2, -0.15) is 0 Å². The Labute approximate surface area is 127 Å². The summed E-state index contributed by atoms with van der Waals surface area (Å²) in [7, 11) is 0. The molecule has 0 radical (unpaired) electrons. The first kappa shape index (κ1) is 19.8. The van der Waals surface area contributed by atoms with E-state index in [0.717, 1.165) is 44.9 Å². The van der Waals surface area contributed by atoms with E-state index in [0.29, 0.717) is 25.3 Å². The summed E-state index contributed by atoms with van der Waals surface area (Å²) in [6.45, 7) is 9.76. The maximum absolute atomic E-state index is 8.71. The predicted octanol–water partition coefficient (Wildman–Crippen LogP) is -0.483. The summed E-state index contributed by atoms with van der Waals surface area (Å²) in [5, 5.41) is 30.0. The van der Waals surface area contributed by atoms with Gasteiger partial charge in [-0.05, 0) is 13.3 Å². The summed E-state index contributed by atoms with van der Waals surface area (Å²) in [5.41, 5.74) is 7.03. The monoisotopic (exact) mass is 302 g/mol. The Morgan fingerprint density at radius 3 is 2.14 bits per heavy atom. The minimum atomic E-state index is 0.581. The Kier molecular flexibility index (Phi) is 13.0. The van der Waals surface area contributed by atoms with Crippen molar-refractivity contribution in [3.8, 4) is 0 Å². The number of rotatable bonds is 13. The number of hydrogen-bond acceptors (Lipinski definition) is 8. The quantitative estimate of drug-likeness (QED) is 0.136. The fraction of sp³-hybridized carbons (Fsp3) is 0.846. The van der Waals surface area contributed by atoms with Crippen molar-refractivity contribution in [2.45, 2.75) is 20.3 Å². The highest BCUT2D eigenvalue weighted by atomic mass is 16.4. The Morgan fingerprint density at radius 2 is 1.67 bits per heavy atom. The van der Waals surface area contributed by atoms with Crippen LogP contribution in [0, 0.1) is 0 Å². The molecule has 0 rings (SSSR count). The first-order chi connectivity index (χ1) is 10.2. The normalized spacial score (nSPS) is 13.1. The Morgan fingerprint density at radius 1 is 1.05 bits per heavy atom. The van der Waals surface area contributed by atoms with Crippen LogP contribution in [0.3, 0.4) is 0 Å². The number of nitrogens with zero attached hydrogens (tertiary/aromatic N) is 3. The first-order valence-electron chi connectivity index (χ1n) is 7.39. The lowest BCUT2D eigenvalue weighted by atomic mass is 10.3. The van der Waals surface area contributed by atoms with E-state index in [1.165, 1.54) is 0 Å². The predicted molar refractivity (Wildman–Crippen MR) is 85.6 cm³/mol. The van der Waals surface area contributed by atoms with Gasteiger partial charge in [-0.3, -0.25) is 4.90 Å². The Balaban J connectivity index is 3.81. The van der Waals surface area contributed by atoms with Crippen molar-refractivity contribution in [1.29, 1.82) is 0 Å². The van der Waals surface area contributed by atoms with Crippen molar-refractivity contribution < 1.29 is 10.4 Å². The molecule has 0 aliphatic rings. The third-order valence-electron chi connectivity index (χ3n) is 3.09. The average molecular weight is 302 g/mol. The van der Waals surface area contributed by atoms with Gasteiger partial charge in [0.1, 0.15) is 0 Å². The van der Waals surface area contributed by atoms with Crippen LogP contribution in [0.1, 0.15) is 20.3 Å². The summed E-state index contributed by atoms with van der Waals surface area (Å²) in [4.78, 5) is 2.26. The van der Waals surface area contributed by atoms with Gasteiger partial charge in [0.2, 0.25) is 0 Å². The lowest BCUT2D eigenvalue weighted by Crippen LogP contribution is -2.41. The number of nitrogens with two attached hydrogens (primary N) is 1. The molecule has 124 valence electrons. The van der Waals surface area contributed by atoms with E-state index in [4.69, 9.17) is 16.1 Å². The number of oxime groups is 2. The molecule has 0 aromatic carbocycles. The van der Waals surface area contributed by atoms with Crippen molar-refractivity contribution in [1.82, 2.24) is 15.5 Å². The fourth-order valence-corrected chi connectivity index (χ4v) is 1.76. The van der Waals surface area contributed by atoms with Crippen molar-refractivity contribution in [2.24, 2.45) is 16.0 Å². The molecule has 0 unspecified atom stereocenters. The Bertz CT molecular complexity index is 309. The van der Waals surface area contributed by atoms with Crippen LogP contribution in [0.25, 0.3) is 0 Å². The van der Waals surface area contributed by atoms with Crippen LogP contribution in [-0.2, 0) is 0 Å². The molecule has 0 saturated heterocycles. The van der Waals surface area contributed by atoms with Gasteiger partial charge >= 0.3 is 0 Å². The molecule has 0 spiro atoms. The standard InChI is InChI=1S/C13H30N6O2/c1-3-13(18-21)11-16-6-9-19(7-4-14)8-5-15-10-12(2)17-20/h15-16,20-21H,3-11,14H2,1-2H3. The molecule has 6 N–H and O–H groups in total. The van der Waals surface area contributed by atoms with Gasteiger partial charge in [0.15, 0.2) is 0 Å². The molecule has 0 amide bonds. The van der Waals surface area contributed by atoms with Gasteiger partial charge in [-0.1, -0.05) is 17.2 Å². The minimum Gasteiger partial charge on any atom is -0.411 e. The molecule has 0 saturated carbocycles. The van der Waals surface area contributed by atoms with E-state index >= 15 is 0 Å². The van der Waals surface area contributed by atoms with Crippen molar-refractivity contribution in [3.63, 3.8) is 0 Å². The van der Waals surface area contributed by atoms with Crippen LogP contribution < -0.4 is 16.4 Å². The van der Waals surface area contributed by atoms with E-state index in [-0.39, 0.29) is 0 Å².